The molecule has 0 aromatic carbocycles. The van der Waals surface area contributed by atoms with Gasteiger partial charge in [-0.2, -0.15) is 4.31 Å². The average Bonchev–Trinajstić information content (AvgIpc) is 3.16. The molecule has 0 aliphatic carbocycles. The van der Waals surface area contributed by atoms with Crippen molar-refractivity contribution in [2.24, 2.45) is 11.8 Å². The van der Waals surface area contributed by atoms with Crippen LogP contribution in [-0.2, 0) is 14.8 Å². The van der Waals surface area contributed by atoms with Crippen molar-refractivity contribution in [3.05, 3.63) is 18.6 Å². The predicted octanol–water partition coefficient (Wildman–Crippen LogP) is 1.21. The van der Waals surface area contributed by atoms with Crippen molar-refractivity contribution in [2.45, 2.75) is 33.2 Å². The van der Waals surface area contributed by atoms with E-state index in [1.165, 1.54) is 6.33 Å². The SMILES string of the molecule is CC(C)C(=O)NCCS(=O)(=O)N1CCC(C)C(N(C)c2ncnc3[nH]ccc23)C1. The van der Waals surface area contributed by atoms with Gasteiger partial charge in [-0.15, -0.1) is 0 Å². The summed E-state index contributed by atoms with van der Waals surface area (Å²) in [5, 5.41) is 3.60. The van der Waals surface area contributed by atoms with Gasteiger partial charge in [0.2, 0.25) is 15.9 Å². The topological polar surface area (TPSA) is 111 Å². The Morgan fingerprint density at radius 3 is 2.90 bits per heavy atom. The predicted molar refractivity (Wildman–Crippen MR) is 113 cm³/mol. The second-order valence-corrected chi connectivity index (χ2v) is 10.1. The van der Waals surface area contributed by atoms with Crippen molar-refractivity contribution in [1.29, 1.82) is 0 Å². The van der Waals surface area contributed by atoms with Gasteiger partial charge in [-0.05, 0) is 18.4 Å². The number of rotatable bonds is 7. The summed E-state index contributed by atoms with van der Waals surface area (Å²) in [6, 6.07) is 1.93. The van der Waals surface area contributed by atoms with E-state index in [2.05, 4.69) is 32.1 Å². The average molecular weight is 423 g/mol. The second kappa shape index (κ2) is 8.66. The number of nitrogens with one attached hydrogen (secondary N) is 2. The molecule has 10 heteroatoms. The summed E-state index contributed by atoms with van der Waals surface area (Å²) in [5.74, 6) is 0.716. The van der Waals surface area contributed by atoms with Gasteiger partial charge in [0.15, 0.2) is 0 Å². The number of nitrogens with zero attached hydrogens (tertiary/aromatic N) is 4. The lowest BCUT2D eigenvalue weighted by Gasteiger charge is -2.41. The first-order valence-corrected chi connectivity index (χ1v) is 11.6. The molecule has 3 rings (SSSR count). The van der Waals surface area contributed by atoms with Crippen LogP contribution in [0.25, 0.3) is 11.0 Å². The zero-order valence-corrected chi connectivity index (χ0v) is 18.2. The first-order chi connectivity index (χ1) is 13.7. The first kappa shape index (κ1) is 21.5. The quantitative estimate of drug-likeness (QED) is 0.694. The van der Waals surface area contributed by atoms with Gasteiger partial charge in [0.25, 0.3) is 0 Å². The molecule has 2 N–H and O–H groups in total. The maximum Gasteiger partial charge on any atom is 0.222 e. The summed E-state index contributed by atoms with van der Waals surface area (Å²) in [6.07, 6.45) is 4.11. The van der Waals surface area contributed by atoms with Gasteiger partial charge < -0.3 is 15.2 Å². The molecule has 1 amide bonds. The highest BCUT2D eigenvalue weighted by molar-refractivity contribution is 7.89. The maximum atomic E-state index is 12.8. The van der Waals surface area contributed by atoms with Crippen LogP contribution in [0, 0.1) is 11.8 Å². The van der Waals surface area contributed by atoms with Crippen LogP contribution in [0.3, 0.4) is 0 Å². The van der Waals surface area contributed by atoms with Crippen molar-refractivity contribution < 1.29 is 13.2 Å². The minimum absolute atomic E-state index is 0.00298. The van der Waals surface area contributed by atoms with Gasteiger partial charge in [0, 0.05) is 44.8 Å². The molecule has 2 unspecified atom stereocenters. The number of aromatic nitrogens is 3. The van der Waals surface area contributed by atoms with Crippen LogP contribution in [0.4, 0.5) is 5.82 Å². The largest absolute Gasteiger partial charge is 0.355 e. The molecule has 1 fully saturated rings. The number of carbonyl (C=O) groups is 1. The standard InChI is InChI=1S/C19H30N6O3S/c1-13(2)19(26)21-8-10-29(27,28)25-9-6-14(3)16(11-25)24(4)18-15-5-7-20-17(15)22-12-23-18/h5,7,12-14,16H,6,8-11H2,1-4H3,(H,21,26)(H,20,22,23). The fourth-order valence-electron chi connectivity index (χ4n) is 3.71. The molecular formula is C19H30N6O3S. The molecule has 9 nitrogen and oxygen atoms in total. The van der Waals surface area contributed by atoms with E-state index in [4.69, 9.17) is 0 Å². The zero-order valence-electron chi connectivity index (χ0n) is 17.4. The van der Waals surface area contributed by atoms with Gasteiger partial charge in [0.1, 0.15) is 17.8 Å². The summed E-state index contributed by atoms with van der Waals surface area (Å²) in [7, 11) is -1.50. The summed E-state index contributed by atoms with van der Waals surface area (Å²) in [6.45, 7) is 6.73. The molecule has 29 heavy (non-hydrogen) atoms. The van der Waals surface area contributed by atoms with E-state index < -0.39 is 10.0 Å². The lowest BCUT2D eigenvalue weighted by atomic mass is 9.93. The fraction of sp³-hybridized carbons (Fsp3) is 0.632. The Hall–Kier alpha value is -2.20. The molecule has 0 saturated carbocycles. The highest BCUT2D eigenvalue weighted by atomic mass is 32.2. The smallest absolute Gasteiger partial charge is 0.222 e. The molecule has 1 aliphatic rings. The first-order valence-electron chi connectivity index (χ1n) is 9.97. The van der Waals surface area contributed by atoms with Crippen LogP contribution < -0.4 is 10.2 Å². The van der Waals surface area contributed by atoms with Gasteiger partial charge in [-0.25, -0.2) is 18.4 Å². The second-order valence-electron chi connectivity index (χ2n) is 8.00. The van der Waals surface area contributed by atoms with Crippen molar-refractivity contribution in [2.75, 3.05) is 37.3 Å². The minimum Gasteiger partial charge on any atom is -0.355 e. The van der Waals surface area contributed by atoms with Gasteiger partial charge in [0.05, 0.1) is 11.1 Å². The Bertz CT molecular complexity index is 958. The van der Waals surface area contributed by atoms with Crippen LogP contribution in [0.1, 0.15) is 27.2 Å². The van der Waals surface area contributed by atoms with Crippen LogP contribution in [-0.4, -0.2) is 72.1 Å². The van der Waals surface area contributed by atoms with Crippen LogP contribution in [0.2, 0.25) is 0 Å². The van der Waals surface area contributed by atoms with E-state index in [9.17, 15) is 13.2 Å². The molecule has 3 heterocycles. The summed E-state index contributed by atoms with van der Waals surface area (Å²) in [4.78, 5) is 25.5. The monoisotopic (exact) mass is 422 g/mol. The van der Waals surface area contributed by atoms with Crippen molar-refractivity contribution in [3.63, 3.8) is 0 Å². The minimum atomic E-state index is -3.46. The normalized spacial score (nSPS) is 20.9. The van der Waals surface area contributed by atoms with E-state index in [1.807, 2.05) is 19.3 Å². The number of amides is 1. The highest BCUT2D eigenvalue weighted by Crippen LogP contribution is 2.29. The van der Waals surface area contributed by atoms with E-state index in [0.29, 0.717) is 19.0 Å². The Kier molecular flexibility index (Phi) is 6.42. The number of aromatic amines is 1. The number of hydrogen-bond donors (Lipinski definition) is 2. The van der Waals surface area contributed by atoms with E-state index in [-0.39, 0.29) is 30.2 Å². The Balaban J connectivity index is 1.71. The molecule has 2 atom stereocenters. The Morgan fingerprint density at radius 2 is 2.17 bits per heavy atom. The van der Waals surface area contributed by atoms with E-state index >= 15 is 0 Å². The summed E-state index contributed by atoms with van der Waals surface area (Å²) >= 11 is 0. The third-order valence-corrected chi connectivity index (χ3v) is 7.46. The lowest BCUT2D eigenvalue weighted by Crippen LogP contribution is -2.53. The number of carbonyl (C=O) groups excluding carboxylic acids is 1. The highest BCUT2D eigenvalue weighted by Gasteiger charge is 2.35. The number of likely N-dealkylation sites (N-methyl/N-ethyl adjacent to an activating group) is 1. The molecule has 160 valence electrons. The molecule has 0 spiro atoms. The van der Waals surface area contributed by atoms with Crippen molar-refractivity contribution in [1.82, 2.24) is 24.6 Å². The third kappa shape index (κ3) is 4.69. The van der Waals surface area contributed by atoms with E-state index in [1.54, 1.807) is 18.2 Å². The number of sulfonamides is 1. The number of piperidine rings is 1. The Labute approximate surface area is 171 Å². The van der Waals surface area contributed by atoms with Crippen molar-refractivity contribution >= 4 is 32.8 Å². The Morgan fingerprint density at radius 1 is 1.41 bits per heavy atom. The molecule has 1 saturated heterocycles. The lowest BCUT2D eigenvalue weighted by molar-refractivity contribution is -0.123. The zero-order chi connectivity index (χ0) is 21.2. The molecular weight excluding hydrogens is 392 g/mol. The van der Waals surface area contributed by atoms with Crippen LogP contribution in [0.5, 0.6) is 0 Å². The van der Waals surface area contributed by atoms with Gasteiger partial charge in [-0.3, -0.25) is 4.79 Å². The fourth-order valence-corrected chi connectivity index (χ4v) is 5.09. The van der Waals surface area contributed by atoms with Crippen LogP contribution in [0.15, 0.2) is 18.6 Å². The van der Waals surface area contributed by atoms with Gasteiger partial charge in [-0.1, -0.05) is 20.8 Å². The van der Waals surface area contributed by atoms with Crippen LogP contribution >= 0.6 is 0 Å². The molecule has 2 aromatic rings. The summed E-state index contributed by atoms with van der Waals surface area (Å²) in [5.41, 5.74) is 0.760. The number of hydrogen-bond acceptors (Lipinski definition) is 6. The number of fused-ring (bicyclic) bond motifs is 1. The molecule has 0 radical (unpaired) electrons. The third-order valence-electron chi connectivity index (χ3n) is 5.62. The number of anilines is 1. The number of H-pyrrole nitrogens is 1. The molecule has 2 aromatic heterocycles. The molecule has 1 aliphatic heterocycles. The van der Waals surface area contributed by atoms with E-state index in [0.717, 1.165) is 23.3 Å². The molecule has 0 bridgehead atoms. The van der Waals surface area contributed by atoms with Gasteiger partial charge >= 0.3 is 0 Å². The summed E-state index contributed by atoms with van der Waals surface area (Å²) < 4.78 is 27.2. The van der Waals surface area contributed by atoms with Crippen molar-refractivity contribution in [3.8, 4) is 0 Å². The maximum absolute atomic E-state index is 12.8.